The second-order valence-electron chi connectivity index (χ2n) is 9.33. The van der Waals surface area contributed by atoms with Crippen LogP contribution in [0.5, 0.6) is 5.75 Å². The fourth-order valence-electron chi connectivity index (χ4n) is 3.43. The highest BCUT2D eigenvalue weighted by molar-refractivity contribution is 7.89. The lowest BCUT2D eigenvalue weighted by atomic mass is 10.0. The highest BCUT2D eigenvalue weighted by atomic mass is 32.2. The van der Waals surface area contributed by atoms with Crippen molar-refractivity contribution in [3.05, 3.63) is 63.7 Å². The van der Waals surface area contributed by atoms with Crippen LogP contribution in [0.4, 0.5) is 5.69 Å². The number of hydrogen-bond donors (Lipinski definition) is 0. The van der Waals surface area contributed by atoms with Gasteiger partial charge in [0.25, 0.3) is 5.69 Å². The van der Waals surface area contributed by atoms with E-state index in [0.29, 0.717) is 16.9 Å². The summed E-state index contributed by atoms with van der Waals surface area (Å²) in [6.45, 7) is 9.91. The van der Waals surface area contributed by atoms with E-state index in [4.69, 9.17) is 9.47 Å². The van der Waals surface area contributed by atoms with Gasteiger partial charge in [-0.3, -0.25) is 14.9 Å². The molecule has 9 nitrogen and oxygen atoms in total. The van der Waals surface area contributed by atoms with Crippen LogP contribution in [0.2, 0.25) is 0 Å². The highest BCUT2D eigenvalue weighted by Crippen LogP contribution is 2.29. The van der Waals surface area contributed by atoms with E-state index in [-0.39, 0.29) is 17.1 Å². The number of ether oxygens (including phenoxy) is 2. The molecule has 0 fully saturated rings. The molecule has 0 spiro atoms. The number of benzene rings is 2. The van der Waals surface area contributed by atoms with E-state index >= 15 is 0 Å². The first kappa shape index (κ1) is 27.3. The van der Waals surface area contributed by atoms with Gasteiger partial charge < -0.3 is 9.47 Å². The van der Waals surface area contributed by atoms with Crippen molar-refractivity contribution >= 4 is 21.7 Å². The van der Waals surface area contributed by atoms with E-state index in [0.717, 1.165) is 4.31 Å². The molecular weight excluding hydrogens is 460 g/mol. The van der Waals surface area contributed by atoms with Gasteiger partial charge in [0, 0.05) is 18.2 Å². The Morgan fingerprint density at radius 3 is 2.18 bits per heavy atom. The van der Waals surface area contributed by atoms with Gasteiger partial charge in [0.05, 0.1) is 16.9 Å². The van der Waals surface area contributed by atoms with Crippen LogP contribution in [0.3, 0.4) is 0 Å². The average molecular weight is 493 g/mol. The number of sulfonamides is 1. The zero-order chi connectivity index (χ0) is 25.8. The van der Waals surface area contributed by atoms with E-state index in [1.807, 2.05) is 0 Å². The number of carbonyl (C=O) groups is 1. The molecule has 0 saturated heterocycles. The van der Waals surface area contributed by atoms with E-state index < -0.39 is 38.5 Å². The summed E-state index contributed by atoms with van der Waals surface area (Å²) in [5.74, 6) is -0.656. The Kier molecular flexibility index (Phi) is 8.44. The van der Waals surface area contributed by atoms with Crippen LogP contribution < -0.4 is 4.74 Å². The minimum Gasteiger partial charge on any atom is -0.497 e. The Labute approximate surface area is 200 Å². The molecule has 2 aromatic rings. The van der Waals surface area contributed by atoms with Crippen LogP contribution >= 0.6 is 0 Å². The third kappa shape index (κ3) is 6.54. The third-order valence-electron chi connectivity index (χ3n) is 5.06. The second-order valence-corrected chi connectivity index (χ2v) is 11.2. The maximum Gasteiger partial charge on any atom is 0.325 e. The van der Waals surface area contributed by atoms with Gasteiger partial charge in [-0.2, -0.15) is 4.31 Å². The first-order chi connectivity index (χ1) is 15.7. The van der Waals surface area contributed by atoms with Gasteiger partial charge in [-0.15, -0.1) is 0 Å². The van der Waals surface area contributed by atoms with Crippen molar-refractivity contribution in [2.75, 3.05) is 7.11 Å². The Morgan fingerprint density at radius 1 is 1.12 bits per heavy atom. The van der Waals surface area contributed by atoms with Crippen LogP contribution in [-0.2, 0) is 26.1 Å². The predicted octanol–water partition coefficient (Wildman–Crippen LogP) is 4.47. The normalized spacial score (nSPS) is 13.1. The van der Waals surface area contributed by atoms with Crippen molar-refractivity contribution in [1.82, 2.24) is 4.31 Å². The maximum absolute atomic E-state index is 13.8. The largest absolute Gasteiger partial charge is 0.497 e. The van der Waals surface area contributed by atoms with Gasteiger partial charge in [0.2, 0.25) is 10.0 Å². The number of aryl methyl sites for hydroxylation is 1. The fourth-order valence-corrected chi connectivity index (χ4v) is 5.13. The van der Waals surface area contributed by atoms with Gasteiger partial charge in [0.15, 0.2) is 0 Å². The number of carbonyl (C=O) groups excluding carboxylic acids is 1. The summed E-state index contributed by atoms with van der Waals surface area (Å²) in [5.41, 5.74) is -0.130. The summed E-state index contributed by atoms with van der Waals surface area (Å²) in [4.78, 5) is 24.1. The zero-order valence-corrected chi connectivity index (χ0v) is 21.4. The molecule has 0 unspecified atom stereocenters. The standard InChI is InChI=1S/C24H32N2O7S/c1-16(2)22(23(27)33-24(4,5)6)25(15-18-9-8-17(3)21(14-18)26(28)29)34(30,31)20-12-10-19(32-7)11-13-20/h8-14,16,22H,15H2,1-7H3/t22-/m1/s1. The fraction of sp³-hybridized carbons (Fsp3) is 0.458. The monoisotopic (exact) mass is 492 g/mol. The molecule has 0 amide bonds. The number of nitrogens with zero attached hydrogens (tertiary/aromatic N) is 2. The molecule has 0 N–H and O–H groups in total. The van der Waals surface area contributed by atoms with Crippen molar-refractivity contribution in [2.24, 2.45) is 5.92 Å². The molecule has 0 bridgehead atoms. The molecule has 0 aliphatic carbocycles. The molecule has 0 aliphatic rings. The van der Waals surface area contributed by atoms with E-state index in [9.17, 15) is 23.3 Å². The number of hydrogen-bond acceptors (Lipinski definition) is 7. The average Bonchev–Trinajstić information content (AvgIpc) is 2.72. The molecule has 10 heteroatoms. The summed E-state index contributed by atoms with van der Waals surface area (Å²) in [7, 11) is -2.74. The lowest BCUT2D eigenvalue weighted by Gasteiger charge is -2.34. The van der Waals surface area contributed by atoms with Crippen LogP contribution in [0.15, 0.2) is 47.4 Å². The molecule has 0 saturated carbocycles. The molecule has 2 rings (SSSR count). The molecule has 0 aromatic heterocycles. The van der Waals surface area contributed by atoms with Crippen molar-refractivity contribution < 1.29 is 27.6 Å². The van der Waals surface area contributed by atoms with Gasteiger partial charge in [-0.05, 0) is 63.4 Å². The van der Waals surface area contributed by atoms with Gasteiger partial charge >= 0.3 is 5.97 Å². The molecular formula is C24H32N2O7S. The number of nitro groups is 1. The van der Waals surface area contributed by atoms with Crippen molar-refractivity contribution in [2.45, 2.75) is 64.6 Å². The molecule has 0 radical (unpaired) electrons. The first-order valence-corrected chi connectivity index (χ1v) is 12.2. The summed E-state index contributed by atoms with van der Waals surface area (Å²) >= 11 is 0. The lowest BCUT2D eigenvalue weighted by molar-refractivity contribution is -0.385. The second kappa shape index (κ2) is 10.5. The number of methoxy groups -OCH3 is 1. The van der Waals surface area contributed by atoms with Crippen molar-refractivity contribution in [1.29, 1.82) is 0 Å². The molecule has 1 atom stereocenters. The van der Waals surface area contributed by atoms with Crippen molar-refractivity contribution in [3.63, 3.8) is 0 Å². The minimum absolute atomic E-state index is 0.0379. The predicted molar refractivity (Wildman–Crippen MR) is 128 cm³/mol. The maximum atomic E-state index is 13.8. The van der Waals surface area contributed by atoms with Crippen molar-refractivity contribution in [3.8, 4) is 5.75 Å². The topological polar surface area (TPSA) is 116 Å². The molecule has 0 heterocycles. The number of esters is 1. The minimum atomic E-state index is -4.21. The molecule has 186 valence electrons. The quantitative estimate of drug-likeness (QED) is 0.288. The summed E-state index contributed by atoms with van der Waals surface area (Å²) in [5, 5.41) is 11.4. The highest BCUT2D eigenvalue weighted by Gasteiger charge is 2.40. The van der Waals surface area contributed by atoms with Crippen LogP contribution in [-0.4, -0.2) is 42.4 Å². The SMILES string of the molecule is COc1ccc(S(=O)(=O)N(Cc2ccc(C)c([N+](=O)[O-])c2)[C@@H](C(=O)OC(C)(C)C)C(C)C)cc1. The van der Waals surface area contributed by atoms with E-state index in [1.54, 1.807) is 53.7 Å². The smallest absolute Gasteiger partial charge is 0.325 e. The first-order valence-electron chi connectivity index (χ1n) is 10.8. The van der Waals surface area contributed by atoms with Crippen LogP contribution in [0.25, 0.3) is 0 Å². The Balaban J connectivity index is 2.64. The Morgan fingerprint density at radius 2 is 1.71 bits per heavy atom. The van der Waals surface area contributed by atoms with E-state index in [1.165, 1.54) is 37.4 Å². The van der Waals surface area contributed by atoms with Gasteiger partial charge in [-0.25, -0.2) is 8.42 Å². The molecule has 0 aliphatic heterocycles. The summed E-state index contributed by atoms with van der Waals surface area (Å²) in [6.07, 6.45) is 0. The Bertz CT molecular complexity index is 1140. The Hall–Kier alpha value is -2.98. The molecule has 2 aromatic carbocycles. The molecule has 34 heavy (non-hydrogen) atoms. The number of nitro benzene ring substituents is 1. The van der Waals surface area contributed by atoms with Gasteiger partial charge in [0.1, 0.15) is 17.4 Å². The third-order valence-corrected chi connectivity index (χ3v) is 6.91. The lowest BCUT2D eigenvalue weighted by Crippen LogP contribution is -2.49. The van der Waals surface area contributed by atoms with Gasteiger partial charge in [-0.1, -0.05) is 26.0 Å². The summed E-state index contributed by atoms with van der Waals surface area (Å²) < 4.78 is 39.3. The van der Waals surface area contributed by atoms with Crippen LogP contribution in [0.1, 0.15) is 45.7 Å². The van der Waals surface area contributed by atoms with E-state index in [2.05, 4.69) is 0 Å². The van der Waals surface area contributed by atoms with Crippen LogP contribution in [0, 0.1) is 23.0 Å². The number of rotatable bonds is 9. The summed E-state index contributed by atoms with van der Waals surface area (Å²) in [6, 6.07) is 9.16. The zero-order valence-electron chi connectivity index (χ0n) is 20.6.